The summed E-state index contributed by atoms with van der Waals surface area (Å²) in [6.45, 7) is 3.75. The maximum atomic E-state index is 13.2. The van der Waals surface area contributed by atoms with Crippen LogP contribution in [0.1, 0.15) is 43.6 Å². The molecule has 0 bridgehead atoms. The summed E-state index contributed by atoms with van der Waals surface area (Å²) in [5.41, 5.74) is 1.58. The highest BCUT2D eigenvalue weighted by atomic mass is 35.5. The minimum atomic E-state index is -0.455. The number of fused-ring (bicyclic) bond motifs is 1. The monoisotopic (exact) mass is 431 g/mol. The van der Waals surface area contributed by atoms with Gasteiger partial charge in [-0.25, -0.2) is 9.37 Å². The number of carbonyl (C=O) groups excluding carboxylic acids is 1. The van der Waals surface area contributed by atoms with Crippen molar-refractivity contribution < 1.29 is 13.7 Å². The molecule has 7 nitrogen and oxygen atoms in total. The Hall–Kier alpha value is -2.74. The third-order valence-electron chi connectivity index (χ3n) is 5.22. The highest BCUT2D eigenvalue weighted by Gasteiger charge is 2.21. The fraction of sp³-hybridized carbons (Fsp3) is 0.429. The molecule has 1 aliphatic heterocycles. The highest BCUT2D eigenvalue weighted by molar-refractivity contribution is 6.33. The van der Waals surface area contributed by atoms with Crippen LogP contribution in [0, 0.1) is 12.7 Å². The Balaban J connectivity index is 1.52. The molecule has 0 spiro atoms. The van der Waals surface area contributed by atoms with Gasteiger partial charge in [0.15, 0.2) is 0 Å². The van der Waals surface area contributed by atoms with E-state index in [0.717, 1.165) is 48.9 Å². The smallest absolute Gasteiger partial charge is 0.263 e. The minimum Gasteiger partial charge on any atom is -0.356 e. The number of hydrogen-bond acceptors (Lipinski definition) is 6. The molecular weight excluding hydrogens is 409 g/mol. The number of aromatic nitrogens is 3. The van der Waals surface area contributed by atoms with Gasteiger partial charge in [0.05, 0.1) is 16.4 Å². The maximum absolute atomic E-state index is 13.2. The Labute approximate surface area is 178 Å². The van der Waals surface area contributed by atoms with Crippen molar-refractivity contribution in [2.75, 3.05) is 23.3 Å². The van der Waals surface area contributed by atoms with E-state index in [1.54, 1.807) is 0 Å². The number of carbonyl (C=O) groups is 1. The van der Waals surface area contributed by atoms with Crippen LogP contribution in [-0.4, -0.2) is 34.1 Å². The van der Waals surface area contributed by atoms with Gasteiger partial charge in [0.25, 0.3) is 5.71 Å². The molecule has 0 radical (unpaired) electrons. The number of rotatable bonds is 5. The number of amides is 1. The van der Waals surface area contributed by atoms with E-state index in [4.69, 9.17) is 21.1 Å². The van der Waals surface area contributed by atoms with Gasteiger partial charge >= 0.3 is 0 Å². The molecule has 158 valence electrons. The van der Waals surface area contributed by atoms with Crippen LogP contribution in [-0.2, 0) is 11.2 Å². The summed E-state index contributed by atoms with van der Waals surface area (Å²) in [4.78, 5) is 23.9. The predicted octanol–water partition coefficient (Wildman–Crippen LogP) is 4.67. The maximum Gasteiger partial charge on any atom is 0.263 e. The van der Waals surface area contributed by atoms with Gasteiger partial charge in [-0.15, -0.1) is 0 Å². The Bertz CT molecular complexity index is 1060. The molecule has 9 heteroatoms. The molecular formula is C21H23ClFN5O2. The van der Waals surface area contributed by atoms with Crippen molar-refractivity contribution in [3.63, 3.8) is 0 Å². The van der Waals surface area contributed by atoms with Crippen molar-refractivity contribution in [1.29, 1.82) is 0 Å². The summed E-state index contributed by atoms with van der Waals surface area (Å²) in [5, 5.41) is 7.74. The van der Waals surface area contributed by atoms with Gasteiger partial charge in [-0.1, -0.05) is 29.6 Å². The number of halogens is 2. The van der Waals surface area contributed by atoms with Crippen molar-refractivity contribution in [3.05, 3.63) is 40.6 Å². The van der Waals surface area contributed by atoms with E-state index in [0.29, 0.717) is 23.6 Å². The molecule has 0 aliphatic carbocycles. The second kappa shape index (κ2) is 8.95. The van der Waals surface area contributed by atoms with Crippen LogP contribution in [0.25, 0.3) is 11.1 Å². The Morgan fingerprint density at radius 3 is 2.73 bits per heavy atom. The van der Waals surface area contributed by atoms with Gasteiger partial charge in [-0.3, -0.25) is 4.79 Å². The Kier molecular flexibility index (Phi) is 6.13. The van der Waals surface area contributed by atoms with Crippen LogP contribution >= 0.6 is 11.6 Å². The lowest BCUT2D eigenvalue weighted by molar-refractivity contribution is -0.116. The lowest BCUT2D eigenvalue weighted by atomic mass is 10.2. The van der Waals surface area contributed by atoms with Gasteiger partial charge in [-0.2, -0.15) is 4.98 Å². The summed E-state index contributed by atoms with van der Waals surface area (Å²) >= 11 is 5.97. The standard InChI is InChI=1S/C21H23ClFN5O2/c1-13-19-20(28-10-4-2-3-5-11-28)25-17(26-21(19)30-27-13)8-9-18(29)24-16-7-6-14(23)12-15(16)22/h6-7,12H,2-5,8-11H2,1H3,(H,24,29). The zero-order valence-electron chi connectivity index (χ0n) is 16.8. The molecule has 1 fully saturated rings. The topological polar surface area (TPSA) is 84.1 Å². The molecule has 1 N–H and O–H groups in total. The molecule has 0 saturated carbocycles. The molecule has 1 aromatic carbocycles. The van der Waals surface area contributed by atoms with Crippen LogP contribution in [0.2, 0.25) is 5.02 Å². The fourth-order valence-electron chi connectivity index (χ4n) is 3.66. The highest BCUT2D eigenvalue weighted by Crippen LogP contribution is 2.29. The molecule has 0 atom stereocenters. The largest absolute Gasteiger partial charge is 0.356 e. The average Bonchev–Trinajstić information content (AvgIpc) is 2.93. The van der Waals surface area contributed by atoms with Crippen molar-refractivity contribution in [1.82, 2.24) is 15.1 Å². The van der Waals surface area contributed by atoms with E-state index in [1.165, 1.54) is 25.0 Å². The second-order valence-electron chi connectivity index (χ2n) is 7.49. The molecule has 3 heterocycles. The Morgan fingerprint density at radius 2 is 2.00 bits per heavy atom. The van der Waals surface area contributed by atoms with Gasteiger partial charge < -0.3 is 14.7 Å². The molecule has 2 aromatic heterocycles. The second-order valence-corrected chi connectivity index (χ2v) is 7.89. The fourth-order valence-corrected chi connectivity index (χ4v) is 3.88. The van der Waals surface area contributed by atoms with Crippen LogP contribution in [0.4, 0.5) is 15.9 Å². The molecule has 1 amide bonds. The number of hydrogen-bond donors (Lipinski definition) is 1. The number of aryl methyl sites for hydroxylation is 2. The summed E-state index contributed by atoms with van der Waals surface area (Å²) in [7, 11) is 0. The molecule has 3 aromatic rings. The van der Waals surface area contributed by atoms with E-state index in [2.05, 4.69) is 20.4 Å². The normalized spacial score (nSPS) is 14.7. The molecule has 1 saturated heterocycles. The summed E-state index contributed by atoms with van der Waals surface area (Å²) < 4.78 is 18.6. The van der Waals surface area contributed by atoms with Gasteiger partial charge in [-0.05, 0) is 38.0 Å². The first kappa shape index (κ1) is 20.5. The van der Waals surface area contributed by atoms with Crippen molar-refractivity contribution in [3.8, 4) is 0 Å². The van der Waals surface area contributed by atoms with Gasteiger partial charge in [0.1, 0.15) is 22.8 Å². The third-order valence-corrected chi connectivity index (χ3v) is 5.53. The first-order valence-corrected chi connectivity index (χ1v) is 10.5. The van der Waals surface area contributed by atoms with Crippen molar-refractivity contribution >= 4 is 40.1 Å². The molecule has 0 unspecified atom stereocenters. The first-order valence-electron chi connectivity index (χ1n) is 10.1. The van der Waals surface area contributed by atoms with Crippen molar-refractivity contribution in [2.45, 2.75) is 45.4 Å². The van der Waals surface area contributed by atoms with Gasteiger partial charge in [0, 0.05) is 25.9 Å². The lowest BCUT2D eigenvalue weighted by Gasteiger charge is -2.22. The van der Waals surface area contributed by atoms with Crippen LogP contribution in [0.3, 0.4) is 0 Å². The first-order chi connectivity index (χ1) is 14.5. The quantitative estimate of drug-likeness (QED) is 0.631. The SMILES string of the molecule is Cc1noc2nc(CCC(=O)Nc3ccc(F)cc3Cl)nc(N3CCCCCC3)c12. The van der Waals surface area contributed by atoms with Crippen LogP contribution < -0.4 is 10.2 Å². The number of anilines is 2. The van der Waals surface area contributed by atoms with E-state index in [9.17, 15) is 9.18 Å². The zero-order valence-corrected chi connectivity index (χ0v) is 17.5. The Morgan fingerprint density at radius 1 is 1.23 bits per heavy atom. The van der Waals surface area contributed by atoms with E-state index in [-0.39, 0.29) is 17.4 Å². The van der Waals surface area contributed by atoms with E-state index in [1.807, 2.05) is 6.92 Å². The minimum absolute atomic E-state index is 0.154. The molecule has 4 rings (SSSR count). The summed E-state index contributed by atoms with van der Waals surface area (Å²) in [6, 6.07) is 3.85. The predicted molar refractivity (Wildman–Crippen MR) is 113 cm³/mol. The summed E-state index contributed by atoms with van der Waals surface area (Å²) in [5.74, 6) is 0.649. The molecule has 1 aliphatic rings. The zero-order chi connectivity index (χ0) is 21.1. The van der Waals surface area contributed by atoms with Crippen LogP contribution in [0.5, 0.6) is 0 Å². The summed E-state index contributed by atoms with van der Waals surface area (Å²) in [6.07, 6.45) is 5.16. The lowest BCUT2D eigenvalue weighted by Crippen LogP contribution is -2.26. The number of nitrogens with zero attached hydrogens (tertiary/aromatic N) is 4. The molecule has 30 heavy (non-hydrogen) atoms. The van der Waals surface area contributed by atoms with Gasteiger partial charge in [0.2, 0.25) is 5.91 Å². The third kappa shape index (κ3) is 4.53. The van der Waals surface area contributed by atoms with Crippen LogP contribution in [0.15, 0.2) is 22.7 Å². The van der Waals surface area contributed by atoms with Crippen molar-refractivity contribution in [2.24, 2.45) is 0 Å². The average molecular weight is 432 g/mol. The number of nitrogens with one attached hydrogen (secondary N) is 1. The van der Waals surface area contributed by atoms with E-state index < -0.39 is 5.82 Å². The number of benzene rings is 1. The van der Waals surface area contributed by atoms with E-state index >= 15 is 0 Å².